The number of rotatable bonds is 2. The number of nitrogens with zero attached hydrogens (tertiary/aromatic N) is 2. The molecule has 0 radical (unpaired) electrons. The van der Waals surface area contributed by atoms with E-state index in [2.05, 4.69) is 10.5 Å². The van der Waals surface area contributed by atoms with Gasteiger partial charge in [0.25, 0.3) is 5.91 Å². The second-order valence-corrected chi connectivity index (χ2v) is 6.27. The van der Waals surface area contributed by atoms with Crippen LogP contribution in [0.25, 0.3) is 11.5 Å². The van der Waals surface area contributed by atoms with Gasteiger partial charge in [-0.25, -0.2) is 0 Å². The molecule has 0 unspecified atom stereocenters. The molecule has 6 nitrogen and oxygen atoms in total. The zero-order valence-electron chi connectivity index (χ0n) is 12.8. The predicted molar refractivity (Wildman–Crippen MR) is 86.5 cm³/mol. The van der Waals surface area contributed by atoms with Crippen molar-refractivity contribution in [1.29, 1.82) is 0 Å². The zero-order valence-corrected chi connectivity index (χ0v) is 13.6. The highest BCUT2D eigenvalue weighted by molar-refractivity contribution is 5.93. The Morgan fingerprint density at radius 1 is 1.26 bits per heavy atom. The fraction of sp³-hybridized carbons (Fsp3) is 0.500. The highest BCUT2D eigenvalue weighted by Gasteiger charge is 2.38. The van der Waals surface area contributed by atoms with Crippen LogP contribution in [0.3, 0.4) is 0 Å². The minimum Gasteiger partial charge on any atom is -0.461 e. The van der Waals surface area contributed by atoms with Gasteiger partial charge in [-0.15, -0.1) is 12.4 Å². The largest absolute Gasteiger partial charge is 0.461 e. The summed E-state index contributed by atoms with van der Waals surface area (Å²) in [6.45, 7) is 3.78. The van der Waals surface area contributed by atoms with Gasteiger partial charge in [-0.3, -0.25) is 4.79 Å². The molecule has 2 fully saturated rings. The Balaban J connectivity index is 0.00000156. The van der Waals surface area contributed by atoms with E-state index >= 15 is 0 Å². The van der Waals surface area contributed by atoms with Gasteiger partial charge < -0.3 is 19.2 Å². The van der Waals surface area contributed by atoms with Crippen molar-refractivity contribution in [3.63, 3.8) is 0 Å². The minimum atomic E-state index is -0.0534. The molecule has 23 heavy (non-hydrogen) atoms. The maximum absolute atomic E-state index is 12.5. The van der Waals surface area contributed by atoms with Crippen LogP contribution >= 0.6 is 12.4 Å². The molecule has 1 spiro atoms. The van der Waals surface area contributed by atoms with Gasteiger partial charge in [0.2, 0.25) is 5.76 Å². The Morgan fingerprint density at radius 3 is 2.74 bits per heavy atom. The first-order chi connectivity index (χ1) is 10.8. The van der Waals surface area contributed by atoms with Crippen LogP contribution in [-0.2, 0) is 0 Å². The molecule has 0 saturated carbocycles. The molecule has 0 aliphatic carbocycles. The first-order valence-electron chi connectivity index (χ1n) is 7.76. The smallest absolute Gasteiger partial charge is 0.276 e. The fourth-order valence-electron chi connectivity index (χ4n) is 3.48. The maximum Gasteiger partial charge on any atom is 0.276 e. The van der Waals surface area contributed by atoms with Gasteiger partial charge >= 0.3 is 0 Å². The van der Waals surface area contributed by atoms with Crippen molar-refractivity contribution in [3.8, 4) is 11.5 Å². The van der Waals surface area contributed by atoms with E-state index in [0.29, 0.717) is 22.6 Å². The van der Waals surface area contributed by atoms with Gasteiger partial charge in [0.15, 0.2) is 11.5 Å². The molecular weight excluding hydrogens is 318 g/mol. The van der Waals surface area contributed by atoms with E-state index in [1.54, 1.807) is 24.5 Å². The maximum atomic E-state index is 12.5. The number of furan rings is 1. The second-order valence-electron chi connectivity index (χ2n) is 6.27. The molecule has 2 aliphatic rings. The first kappa shape index (κ1) is 16.1. The third kappa shape index (κ3) is 3.01. The molecule has 0 atom stereocenters. The molecule has 2 aliphatic heterocycles. The molecule has 2 saturated heterocycles. The standard InChI is InChI=1S/C16H19N3O3.ClH/c20-15(12-10-14(22-18-12)13-2-1-9-21-13)19-7-4-16(5-8-19)3-6-17-11-16;/h1-2,9-10,17H,3-8,11H2;1H. The average Bonchev–Trinajstić information content (AvgIpc) is 3.29. The Hall–Kier alpha value is -1.79. The highest BCUT2D eigenvalue weighted by atomic mass is 35.5. The lowest BCUT2D eigenvalue weighted by Crippen LogP contribution is -2.44. The lowest BCUT2D eigenvalue weighted by atomic mass is 9.78. The third-order valence-electron chi connectivity index (χ3n) is 4.94. The van der Waals surface area contributed by atoms with Crippen LogP contribution in [0, 0.1) is 5.41 Å². The second kappa shape index (κ2) is 6.37. The van der Waals surface area contributed by atoms with Gasteiger partial charge in [0.1, 0.15) is 0 Å². The minimum absolute atomic E-state index is 0. The Labute approximate surface area is 140 Å². The summed E-state index contributed by atoms with van der Waals surface area (Å²) in [6, 6.07) is 5.22. The van der Waals surface area contributed by atoms with Crippen molar-refractivity contribution >= 4 is 18.3 Å². The number of carbonyl (C=O) groups is 1. The van der Waals surface area contributed by atoms with Crippen molar-refractivity contribution in [2.45, 2.75) is 19.3 Å². The van der Waals surface area contributed by atoms with Crippen LogP contribution in [0.5, 0.6) is 0 Å². The first-order valence-corrected chi connectivity index (χ1v) is 7.76. The van der Waals surface area contributed by atoms with E-state index in [1.165, 1.54) is 6.42 Å². The molecule has 124 valence electrons. The van der Waals surface area contributed by atoms with Gasteiger partial charge in [-0.2, -0.15) is 0 Å². The number of piperidine rings is 1. The number of hydrogen-bond acceptors (Lipinski definition) is 5. The molecule has 2 aromatic rings. The topological polar surface area (TPSA) is 71.5 Å². The molecule has 0 bridgehead atoms. The van der Waals surface area contributed by atoms with Crippen molar-refractivity contribution in [2.75, 3.05) is 26.2 Å². The summed E-state index contributed by atoms with van der Waals surface area (Å²) in [4.78, 5) is 14.4. The summed E-state index contributed by atoms with van der Waals surface area (Å²) in [6.07, 6.45) is 4.92. The van der Waals surface area contributed by atoms with Gasteiger partial charge in [-0.05, 0) is 43.4 Å². The lowest BCUT2D eigenvalue weighted by Gasteiger charge is -2.38. The highest BCUT2D eigenvalue weighted by Crippen LogP contribution is 2.37. The van der Waals surface area contributed by atoms with E-state index in [4.69, 9.17) is 8.94 Å². The number of nitrogens with one attached hydrogen (secondary N) is 1. The third-order valence-corrected chi connectivity index (χ3v) is 4.94. The van der Waals surface area contributed by atoms with E-state index in [9.17, 15) is 4.79 Å². The summed E-state index contributed by atoms with van der Waals surface area (Å²) in [5.74, 6) is 1.02. The van der Waals surface area contributed by atoms with Crippen molar-refractivity contribution in [2.24, 2.45) is 5.41 Å². The van der Waals surface area contributed by atoms with E-state index in [1.807, 2.05) is 4.90 Å². The van der Waals surface area contributed by atoms with Gasteiger partial charge in [-0.1, -0.05) is 5.16 Å². The van der Waals surface area contributed by atoms with Crippen molar-refractivity contribution in [3.05, 3.63) is 30.2 Å². The van der Waals surface area contributed by atoms with Crippen LogP contribution < -0.4 is 5.32 Å². The van der Waals surface area contributed by atoms with Crippen molar-refractivity contribution in [1.82, 2.24) is 15.4 Å². The molecule has 4 heterocycles. The molecular formula is C16H20ClN3O3. The van der Waals surface area contributed by atoms with Crippen LogP contribution in [0.2, 0.25) is 0 Å². The summed E-state index contributed by atoms with van der Waals surface area (Å²) in [7, 11) is 0. The van der Waals surface area contributed by atoms with E-state index in [0.717, 1.165) is 39.0 Å². The molecule has 4 rings (SSSR count). The normalized spacial score (nSPS) is 19.7. The molecule has 7 heteroatoms. The Morgan fingerprint density at radius 2 is 2.09 bits per heavy atom. The number of likely N-dealkylation sites (tertiary alicyclic amines) is 1. The van der Waals surface area contributed by atoms with Gasteiger partial charge in [0.05, 0.1) is 6.26 Å². The molecule has 2 aromatic heterocycles. The number of carbonyl (C=O) groups excluding carboxylic acids is 1. The van der Waals surface area contributed by atoms with E-state index in [-0.39, 0.29) is 18.3 Å². The zero-order chi connectivity index (χ0) is 15.0. The quantitative estimate of drug-likeness (QED) is 0.912. The van der Waals surface area contributed by atoms with Crippen LogP contribution in [-0.4, -0.2) is 42.1 Å². The number of amides is 1. The van der Waals surface area contributed by atoms with E-state index < -0.39 is 0 Å². The fourth-order valence-corrected chi connectivity index (χ4v) is 3.48. The molecule has 1 amide bonds. The van der Waals surface area contributed by atoms with Crippen molar-refractivity contribution < 1.29 is 13.7 Å². The van der Waals surface area contributed by atoms with Crippen LogP contribution in [0.4, 0.5) is 0 Å². The molecule has 0 aromatic carbocycles. The lowest BCUT2D eigenvalue weighted by molar-refractivity contribution is 0.0598. The summed E-state index contributed by atoms with van der Waals surface area (Å²) in [5.41, 5.74) is 0.756. The van der Waals surface area contributed by atoms with Crippen LogP contribution in [0.15, 0.2) is 33.4 Å². The Bertz CT molecular complexity index is 652. The predicted octanol–water partition coefficient (Wildman–Crippen LogP) is 2.57. The number of halogens is 1. The van der Waals surface area contributed by atoms with Crippen LogP contribution in [0.1, 0.15) is 29.8 Å². The Kier molecular flexibility index (Phi) is 4.46. The monoisotopic (exact) mass is 337 g/mol. The summed E-state index contributed by atoms with van der Waals surface area (Å²) in [5, 5.41) is 7.33. The SMILES string of the molecule is Cl.O=C(c1cc(-c2ccco2)on1)N1CCC2(CCNC2)CC1. The van der Waals surface area contributed by atoms with Gasteiger partial charge in [0, 0.05) is 25.7 Å². The summed E-state index contributed by atoms with van der Waals surface area (Å²) < 4.78 is 10.5. The number of hydrogen-bond donors (Lipinski definition) is 1. The molecule has 1 N–H and O–H groups in total. The number of aromatic nitrogens is 1. The average molecular weight is 338 g/mol. The summed E-state index contributed by atoms with van der Waals surface area (Å²) >= 11 is 0.